The Kier molecular flexibility index (Phi) is 4.73. The van der Waals surface area contributed by atoms with E-state index >= 15 is 0 Å². The number of hydrogen-bond donors (Lipinski definition) is 1. The molecule has 0 saturated carbocycles. The number of amides is 1. The molecular weight excluding hydrogens is 310 g/mol. The first-order valence-corrected chi connectivity index (χ1v) is 8.11. The molecule has 1 fully saturated rings. The van der Waals surface area contributed by atoms with E-state index in [2.05, 4.69) is 34.2 Å². The SMILES string of the molecule is Cc1cc(C)c(NC(=O)C2CCCCS2)c(Br)c1. The van der Waals surface area contributed by atoms with Gasteiger partial charge < -0.3 is 5.32 Å². The van der Waals surface area contributed by atoms with Crippen LogP contribution in [0.15, 0.2) is 16.6 Å². The van der Waals surface area contributed by atoms with Gasteiger partial charge in [0.25, 0.3) is 0 Å². The summed E-state index contributed by atoms with van der Waals surface area (Å²) in [5.41, 5.74) is 3.22. The van der Waals surface area contributed by atoms with Crippen molar-refractivity contribution in [2.45, 2.75) is 38.4 Å². The highest BCUT2D eigenvalue weighted by atomic mass is 79.9. The van der Waals surface area contributed by atoms with Crippen LogP contribution in [0.4, 0.5) is 5.69 Å². The van der Waals surface area contributed by atoms with Gasteiger partial charge in [-0.25, -0.2) is 0 Å². The van der Waals surface area contributed by atoms with Gasteiger partial charge >= 0.3 is 0 Å². The summed E-state index contributed by atoms with van der Waals surface area (Å²) in [6.07, 6.45) is 3.40. The summed E-state index contributed by atoms with van der Waals surface area (Å²) in [6, 6.07) is 4.13. The van der Waals surface area contributed by atoms with Crippen molar-refractivity contribution in [3.63, 3.8) is 0 Å². The highest BCUT2D eigenvalue weighted by molar-refractivity contribution is 9.10. The predicted molar refractivity (Wildman–Crippen MR) is 82.3 cm³/mol. The molecule has 0 aliphatic carbocycles. The fourth-order valence-electron chi connectivity index (χ4n) is 2.23. The Morgan fingerprint density at radius 1 is 1.39 bits per heavy atom. The Morgan fingerprint density at radius 2 is 2.17 bits per heavy atom. The van der Waals surface area contributed by atoms with E-state index in [-0.39, 0.29) is 11.2 Å². The summed E-state index contributed by atoms with van der Waals surface area (Å²) in [5, 5.41) is 3.19. The van der Waals surface area contributed by atoms with E-state index in [0.29, 0.717) is 0 Å². The molecule has 4 heteroatoms. The van der Waals surface area contributed by atoms with Gasteiger partial charge in [0.1, 0.15) is 0 Å². The van der Waals surface area contributed by atoms with Crippen LogP contribution in [-0.4, -0.2) is 16.9 Å². The van der Waals surface area contributed by atoms with Crippen molar-refractivity contribution in [3.05, 3.63) is 27.7 Å². The molecule has 1 N–H and O–H groups in total. The van der Waals surface area contributed by atoms with Crippen molar-refractivity contribution < 1.29 is 4.79 Å². The third-order valence-corrected chi connectivity index (χ3v) is 5.15. The molecule has 2 rings (SSSR count). The third kappa shape index (κ3) is 3.29. The minimum atomic E-state index is 0.117. The van der Waals surface area contributed by atoms with E-state index < -0.39 is 0 Å². The summed E-state index contributed by atoms with van der Waals surface area (Å²) >= 11 is 5.31. The third-order valence-electron chi connectivity index (χ3n) is 3.15. The van der Waals surface area contributed by atoms with Crippen LogP contribution in [0.2, 0.25) is 0 Å². The van der Waals surface area contributed by atoms with Gasteiger partial charge in [0, 0.05) is 4.47 Å². The normalized spacial score (nSPS) is 19.6. The first-order valence-electron chi connectivity index (χ1n) is 6.27. The number of rotatable bonds is 2. The molecule has 0 aromatic heterocycles. The molecular formula is C14H18BrNOS. The summed E-state index contributed by atoms with van der Waals surface area (Å²) in [4.78, 5) is 12.2. The van der Waals surface area contributed by atoms with Crippen molar-refractivity contribution in [2.75, 3.05) is 11.1 Å². The Morgan fingerprint density at radius 3 is 2.78 bits per heavy atom. The molecule has 1 unspecified atom stereocenters. The average Bonchev–Trinajstić information content (AvgIpc) is 2.34. The zero-order chi connectivity index (χ0) is 13.1. The molecule has 0 radical (unpaired) electrons. The Labute approximate surface area is 121 Å². The van der Waals surface area contributed by atoms with Crippen molar-refractivity contribution in [1.29, 1.82) is 0 Å². The molecule has 1 aromatic rings. The molecule has 1 amide bonds. The second kappa shape index (κ2) is 6.11. The number of carbonyl (C=O) groups excluding carboxylic acids is 1. The van der Waals surface area contributed by atoms with Gasteiger partial charge in [0.05, 0.1) is 10.9 Å². The van der Waals surface area contributed by atoms with Gasteiger partial charge in [0.15, 0.2) is 0 Å². The van der Waals surface area contributed by atoms with Crippen molar-refractivity contribution in [3.8, 4) is 0 Å². The first kappa shape index (κ1) is 13.9. The van der Waals surface area contributed by atoms with Gasteiger partial charge in [-0.05, 0) is 65.6 Å². The Hall–Kier alpha value is -0.480. The number of halogens is 1. The lowest BCUT2D eigenvalue weighted by Crippen LogP contribution is -2.28. The lowest BCUT2D eigenvalue weighted by atomic mass is 10.1. The molecule has 1 atom stereocenters. The van der Waals surface area contributed by atoms with Crippen LogP contribution in [0.5, 0.6) is 0 Å². The van der Waals surface area contributed by atoms with Crippen LogP contribution in [0.3, 0.4) is 0 Å². The predicted octanol–water partition coefficient (Wildman–Crippen LogP) is 4.29. The second-order valence-electron chi connectivity index (χ2n) is 4.78. The fourth-order valence-corrected chi connectivity index (χ4v) is 4.20. The van der Waals surface area contributed by atoms with Gasteiger partial charge in [0.2, 0.25) is 5.91 Å². The number of aryl methyl sites for hydroxylation is 2. The molecule has 98 valence electrons. The quantitative estimate of drug-likeness (QED) is 0.877. The maximum atomic E-state index is 12.2. The monoisotopic (exact) mass is 327 g/mol. The van der Waals surface area contributed by atoms with E-state index in [4.69, 9.17) is 0 Å². The number of benzene rings is 1. The highest BCUT2D eigenvalue weighted by Gasteiger charge is 2.22. The zero-order valence-corrected chi connectivity index (χ0v) is 13.2. The van der Waals surface area contributed by atoms with E-state index in [1.54, 1.807) is 11.8 Å². The second-order valence-corrected chi connectivity index (χ2v) is 6.95. The van der Waals surface area contributed by atoms with Crippen LogP contribution in [0, 0.1) is 13.8 Å². The number of carbonyl (C=O) groups is 1. The molecule has 0 spiro atoms. The largest absolute Gasteiger partial charge is 0.324 e. The van der Waals surface area contributed by atoms with Gasteiger partial charge in [-0.15, -0.1) is 11.8 Å². The van der Waals surface area contributed by atoms with Gasteiger partial charge in [-0.1, -0.05) is 12.5 Å². The standard InChI is InChI=1S/C14H18BrNOS/c1-9-7-10(2)13(11(15)8-9)16-14(17)12-5-3-4-6-18-12/h7-8,12H,3-6H2,1-2H3,(H,16,17). The summed E-state index contributed by atoms with van der Waals surface area (Å²) in [6.45, 7) is 4.09. The minimum absolute atomic E-state index is 0.117. The topological polar surface area (TPSA) is 29.1 Å². The molecule has 1 aromatic carbocycles. The van der Waals surface area contributed by atoms with Crippen LogP contribution in [0.1, 0.15) is 30.4 Å². The van der Waals surface area contributed by atoms with Gasteiger partial charge in [-0.2, -0.15) is 0 Å². The molecule has 18 heavy (non-hydrogen) atoms. The lowest BCUT2D eigenvalue weighted by Gasteiger charge is -2.21. The van der Waals surface area contributed by atoms with E-state index in [0.717, 1.165) is 27.9 Å². The van der Waals surface area contributed by atoms with Crippen molar-refractivity contribution in [1.82, 2.24) is 0 Å². The van der Waals surface area contributed by atoms with Crippen LogP contribution >= 0.6 is 27.7 Å². The smallest absolute Gasteiger partial charge is 0.237 e. The molecule has 1 heterocycles. The molecule has 2 nitrogen and oxygen atoms in total. The van der Waals surface area contributed by atoms with Crippen LogP contribution in [0.25, 0.3) is 0 Å². The summed E-state index contributed by atoms with van der Waals surface area (Å²) in [7, 11) is 0. The van der Waals surface area contributed by atoms with Gasteiger partial charge in [-0.3, -0.25) is 4.79 Å². The maximum Gasteiger partial charge on any atom is 0.237 e. The number of anilines is 1. The summed E-state index contributed by atoms with van der Waals surface area (Å²) in [5.74, 6) is 1.25. The van der Waals surface area contributed by atoms with Crippen molar-refractivity contribution in [2.24, 2.45) is 0 Å². The van der Waals surface area contributed by atoms with E-state index in [1.807, 2.05) is 13.0 Å². The van der Waals surface area contributed by atoms with Crippen molar-refractivity contribution >= 4 is 39.3 Å². The Balaban J connectivity index is 2.11. The minimum Gasteiger partial charge on any atom is -0.324 e. The first-order chi connectivity index (χ1) is 8.58. The number of thioether (sulfide) groups is 1. The summed E-state index contributed by atoms with van der Waals surface area (Å²) < 4.78 is 0.967. The zero-order valence-electron chi connectivity index (χ0n) is 10.8. The molecule has 0 bridgehead atoms. The fraction of sp³-hybridized carbons (Fsp3) is 0.500. The molecule has 1 saturated heterocycles. The van der Waals surface area contributed by atoms with E-state index in [1.165, 1.54) is 18.4 Å². The number of hydrogen-bond acceptors (Lipinski definition) is 2. The van der Waals surface area contributed by atoms with Crippen LogP contribution < -0.4 is 5.32 Å². The highest BCUT2D eigenvalue weighted by Crippen LogP contribution is 2.30. The van der Waals surface area contributed by atoms with Crippen LogP contribution in [-0.2, 0) is 4.79 Å². The average molecular weight is 328 g/mol. The maximum absolute atomic E-state index is 12.2. The lowest BCUT2D eigenvalue weighted by molar-refractivity contribution is -0.115. The van der Waals surface area contributed by atoms with E-state index in [9.17, 15) is 4.79 Å². The molecule has 1 aliphatic rings. The Bertz CT molecular complexity index is 432. The molecule has 1 aliphatic heterocycles. The number of nitrogens with one attached hydrogen (secondary N) is 1.